The highest BCUT2D eigenvalue weighted by Crippen LogP contribution is 1.93. The van der Waals surface area contributed by atoms with E-state index in [0.29, 0.717) is 0 Å². The first-order chi connectivity index (χ1) is 6.04. The van der Waals surface area contributed by atoms with E-state index in [9.17, 15) is 9.59 Å². The molecule has 0 aromatic rings. The highest BCUT2D eigenvalue weighted by Gasteiger charge is 1.99. The molecule has 0 unspecified atom stereocenters. The molecule has 74 valence electrons. The van der Waals surface area contributed by atoms with Gasteiger partial charge in [0.2, 0.25) is 0 Å². The van der Waals surface area contributed by atoms with Crippen LogP contribution in [0.15, 0.2) is 0 Å². The Morgan fingerprint density at radius 1 is 0.923 bits per heavy atom. The van der Waals surface area contributed by atoms with Gasteiger partial charge in [0.05, 0.1) is 0 Å². The fourth-order valence-electron chi connectivity index (χ4n) is 0.391. The summed E-state index contributed by atoms with van der Waals surface area (Å²) in [6, 6.07) is 0. The topological polar surface area (TPSA) is 109 Å². The number of hydrogen-bond donors (Lipinski definition) is 2. The standard InChI is InChI=1S/C5H8O4.C2H2O2/c6-4(7)2-1-3-5(8)9;3-1-2-4/h1-3H2,(H,6,7)(H,8,9);1-2H. The molecule has 13 heavy (non-hydrogen) atoms. The number of carboxylic acids is 2. The summed E-state index contributed by atoms with van der Waals surface area (Å²) in [6.45, 7) is 0. The predicted molar refractivity (Wildman–Crippen MR) is 41.3 cm³/mol. The van der Waals surface area contributed by atoms with Crippen molar-refractivity contribution in [1.29, 1.82) is 0 Å². The SMILES string of the molecule is O=C(O)CCCC(=O)O.O=CC=O. The van der Waals surface area contributed by atoms with Crippen LogP contribution in [0.25, 0.3) is 0 Å². The summed E-state index contributed by atoms with van der Waals surface area (Å²) < 4.78 is 0. The van der Waals surface area contributed by atoms with E-state index in [1.807, 2.05) is 0 Å². The Balaban J connectivity index is 0. The number of hydrogen-bond acceptors (Lipinski definition) is 4. The number of carboxylic acid groups (broad SMARTS) is 2. The first kappa shape index (κ1) is 13.8. The Kier molecular flexibility index (Phi) is 10.9. The summed E-state index contributed by atoms with van der Waals surface area (Å²) in [5, 5.41) is 16.1. The van der Waals surface area contributed by atoms with Crippen LogP contribution in [0.4, 0.5) is 0 Å². The Morgan fingerprint density at radius 2 is 1.23 bits per heavy atom. The lowest BCUT2D eigenvalue weighted by molar-refractivity contribution is -0.138. The summed E-state index contributed by atoms with van der Waals surface area (Å²) in [6.07, 6.45) is 0.475. The van der Waals surface area contributed by atoms with Crippen molar-refractivity contribution < 1.29 is 29.4 Å². The minimum Gasteiger partial charge on any atom is -0.481 e. The molecule has 0 aromatic carbocycles. The van der Waals surface area contributed by atoms with E-state index in [2.05, 4.69) is 0 Å². The maximum absolute atomic E-state index is 9.79. The van der Waals surface area contributed by atoms with Crippen molar-refractivity contribution in [2.75, 3.05) is 0 Å². The lowest BCUT2D eigenvalue weighted by atomic mass is 10.2. The van der Waals surface area contributed by atoms with Gasteiger partial charge < -0.3 is 10.2 Å². The van der Waals surface area contributed by atoms with Crippen molar-refractivity contribution >= 4 is 24.5 Å². The number of carbonyl (C=O) groups excluding carboxylic acids is 2. The van der Waals surface area contributed by atoms with Gasteiger partial charge in [0.1, 0.15) is 0 Å². The molecule has 0 heterocycles. The zero-order valence-corrected chi connectivity index (χ0v) is 6.80. The molecule has 0 rings (SSSR count). The smallest absolute Gasteiger partial charge is 0.303 e. The van der Waals surface area contributed by atoms with Gasteiger partial charge in [-0.1, -0.05) is 0 Å². The zero-order chi connectivity index (χ0) is 10.7. The molecule has 0 atom stereocenters. The Hall–Kier alpha value is -1.72. The van der Waals surface area contributed by atoms with Crippen molar-refractivity contribution in [3.8, 4) is 0 Å². The van der Waals surface area contributed by atoms with Crippen molar-refractivity contribution in [3.05, 3.63) is 0 Å². The fraction of sp³-hybridized carbons (Fsp3) is 0.429. The average Bonchev–Trinajstić information content (AvgIpc) is 2.03. The normalized spacial score (nSPS) is 7.69. The zero-order valence-electron chi connectivity index (χ0n) is 6.80. The summed E-state index contributed by atoms with van der Waals surface area (Å²) in [4.78, 5) is 37.2. The minimum atomic E-state index is -0.948. The Bertz CT molecular complexity index is 165. The molecule has 0 aliphatic rings. The highest BCUT2D eigenvalue weighted by molar-refractivity contribution is 6.09. The molecule has 0 amide bonds. The summed E-state index contributed by atoms with van der Waals surface area (Å²) >= 11 is 0. The largest absolute Gasteiger partial charge is 0.481 e. The van der Waals surface area contributed by atoms with Crippen LogP contribution in [-0.2, 0) is 19.2 Å². The third-order valence-electron chi connectivity index (χ3n) is 0.837. The number of carbonyl (C=O) groups is 4. The molecule has 0 aromatic heterocycles. The molecule has 0 bridgehead atoms. The van der Waals surface area contributed by atoms with Gasteiger partial charge in [-0.15, -0.1) is 0 Å². The second-order valence-electron chi connectivity index (χ2n) is 1.91. The molecule has 0 saturated carbocycles. The van der Waals surface area contributed by atoms with E-state index in [0.717, 1.165) is 0 Å². The van der Waals surface area contributed by atoms with Gasteiger partial charge in [-0.3, -0.25) is 19.2 Å². The summed E-state index contributed by atoms with van der Waals surface area (Å²) in [5.41, 5.74) is 0. The lowest BCUT2D eigenvalue weighted by Gasteiger charge is -1.89. The van der Waals surface area contributed by atoms with Crippen LogP contribution in [0, 0.1) is 0 Å². The second-order valence-corrected chi connectivity index (χ2v) is 1.91. The van der Waals surface area contributed by atoms with E-state index in [4.69, 9.17) is 19.8 Å². The fourth-order valence-corrected chi connectivity index (χ4v) is 0.391. The van der Waals surface area contributed by atoms with Crippen molar-refractivity contribution in [3.63, 3.8) is 0 Å². The van der Waals surface area contributed by atoms with Gasteiger partial charge in [0, 0.05) is 12.8 Å². The van der Waals surface area contributed by atoms with Gasteiger partial charge in [-0.05, 0) is 6.42 Å². The number of rotatable bonds is 5. The quantitative estimate of drug-likeness (QED) is 0.455. The molecule has 0 aliphatic heterocycles. The molecule has 2 N–H and O–H groups in total. The van der Waals surface area contributed by atoms with Crippen molar-refractivity contribution in [2.45, 2.75) is 19.3 Å². The Labute approximate surface area is 74.2 Å². The average molecular weight is 190 g/mol. The maximum atomic E-state index is 9.79. The van der Waals surface area contributed by atoms with E-state index in [-0.39, 0.29) is 31.8 Å². The van der Waals surface area contributed by atoms with Gasteiger partial charge in [0.15, 0.2) is 12.6 Å². The van der Waals surface area contributed by atoms with Crippen LogP contribution >= 0.6 is 0 Å². The molecule has 0 aliphatic carbocycles. The second kappa shape index (κ2) is 10.3. The predicted octanol–water partition coefficient (Wildman–Crippen LogP) is -0.290. The Morgan fingerprint density at radius 3 is 1.38 bits per heavy atom. The third kappa shape index (κ3) is 25.3. The first-order valence-electron chi connectivity index (χ1n) is 3.37. The van der Waals surface area contributed by atoms with E-state index < -0.39 is 11.9 Å². The van der Waals surface area contributed by atoms with E-state index in [1.54, 1.807) is 0 Å². The lowest BCUT2D eigenvalue weighted by Crippen LogP contribution is -1.98. The van der Waals surface area contributed by atoms with Crippen molar-refractivity contribution in [1.82, 2.24) is 0 Å². The first-order valence-corrected chi connectivity index (χ1v) is 3.37. The maximum Gasteiger partial charge on any atom is 0.303 e. The molecule has 0 saturated heterocycles. The van der Waals surface area contributed by atoms with Crippen LogP contribution in [-0.4, -0.2) is 34.7 Å². The van der Waals surface area contributed by atoms with Gasteiger partial charge >= 0.3 is 11.9 Å². The van der Waals surface area contributed by atoms with Gasteiger partial charge in [-0.25, -0.2) is 0 Å². The molecule has 0 fully saturated rings. The van der Waals surface area contributed by atoms with Gasteiger partial charge in [-0.2, -0.15) is 0 Å². The van der Waals surface area contributed by atoms with Gasteiger partial charge in [0.25, 0.3) is 0 Å². The highest BCUT2D eigenvalue weighted by atomic mass is 16.4. The summed E-state index contributed by atoms with van der Waals surface area (Å²) in [5.74, 6) is -1.90. The summed E-state index contributed by atoms with van der Waals surface area (Å²) in [7, 11) is 0. The number of aldehydes is 2. The molecular formula is C7H10O6. The van der Waals surface area contributed by atoms with Crippen LogP contribution < -0.4 is 0 Å². The molecule has 0 radical (unpaired) electrons. The van der Waals surface area contributed by atoms with E-state index >= 15 is 0 Å². The van der Waals surface area contributed by atoms with E-state index in [1.165, 1.54) is 0 Å². The van der Waals surface area contributed by atoms with Crippen LogP contribution in [0.5, 0.6) is 0 Å². The van der Waals surface area contributed by atoms with Crippen LogP contribution in [0.3, 0.4) is 0 Å². The monoisotopic (exact) mass is 190 g/mol. The molecule has 6 nitrogen and oxygen atoms in total. The minimum absolute atomic E-state index is 0.0632. The van der Waals surface area contributed by atoms with Crippen LogP contribution in [0.2, 0.25) is 0 Å². The molecule has 6 heteroatoms. The molecule has 0 spiro atoms. The van der Waals surface area contributed by atoms with Crippen molar-refractivity contribution in [2.24, 2.45) is 0 Å². The number of aliphatic carboxylic acids is 2. The van der Waals surface area contributed by atoms with Crippen LogP contribution in [0.1, 0.15) is 19.3 Å². The third-order valence-corrected chi connectivity index (χ3v) is 0.837. The molecular weight excluding hydrogens is 180 g/mol.